The molecule has 0 amide bonds. The number of benzene rings is 9. The van der Waals surface area contributed by atoms with Crippen LogP contribution < -0.4 is 0 Å². The van der Waals surface area contributed by atoms with Gasteiger partial charge in [-0.05, 0) is 81.2 Å². The summed E-state index contributed by atoms with van der Waals surface area (Å²) in [6.07, 6.45) is 0. The Hall–Kier alpha value is -7.89. The molecule has 0 unspecified atom stereocenters. The van der Waals surface area contributed by atoms with Crippen LogP contribution in [-0.2, 0) is 0 Å². The monoisotopic (exact) mass is 740 g/mol. The van der Waals surface area contributed by atoms with Crippen LogP contribution in [0.1, 0.15) is 0 Å². The normalized spacial score (nSPS) is 11.8. The van der Waals surface area contributed by atoms with Crippen LogP contribution in [0, 0.1) is 0 Å². The summed E-state index contributed by atoms with van der Waals surface area (Å²) >= 11 is 0. The van der Waals surface area contributed by atoms with Crippen LogP contribution in [0.2, 0.25) is 0 Å². The number of para-hydroxylation sites is 2. The molecule has 0 N–H and O–H groups in total. The summed E-state index contributed by atoms with van der Waals surface area (Å²) in [5.41, 5.74) is 10.1. The Kier molecular flexibility index (Phi) is 7.16. The van der Waals surface area contributed by atoms with Crippen molar-refractivity contribution in [3.63, 3.8) is 0 Å². The quantitative estimate of drug-likeness (QED) is 0.176. The fourth-order valence-electron chi connectivity index (χ4n) is 8.61. The molecule has 0 aliphatic rings. The van der Waals surface area contributed by atoms with Gasteiger partial charge in [0.05, 0.1) is 11.0 Å². The third kappa shape index (κ3) is 5.21. The second-order valence-electron chi connectivity index (χ2n) is 14.8. The molecule has 0 saturated carbocycles. The van der Waals surface area contributed by atoms with Crippen LogP contribution in [0.3, 0.4) is 0 Å². The molecule has 12 rings (SSSR count). The first kappa shape index (κ1) is 32.4. The summed E-state index contributed by atoms with van der Waals surface area (Å²) in [5, 5.41) is 9.29. The fraction of sp³-hybridized carbons (Fsp3) is 0. The molecule has 0 spiro atoms. The van der Waals surface area contributed by atoms with Crippen molar-refractivity contribution >= 4 is 65.3 Å². The molecular weight excluding hydrogens is 709 g/mol. The summed E-state index contributed by atoms with van der Waals surface area (Å²) in [6, 6.07) is 68.2. The molecule has 0 aliphatic carbocycles. The Morgan fingerprint density at radius 1 is 0.345 bits per heavy atom. The van der Waals surface area contributed by atoms with Gasteiger partial charge in [-0.1, -0.05) is 146 Å². The molecule has 12 aromatic rings. The van der Waals surface area contributed by atoms with Gasteiger partial charge in [-0.15, -0.1) is 0 Å². The second-order valence-corrected chi connectivity index (χ2v) is 14.8. The lowest BCUT2D eigenvalue weighted by atomic mass is 10.0. The molecule has 0 aliphatic heterocycles. The molecule has 0 radical (unpaired) electrons. The maximum Gasteiger partial charge on any atom is 0.164 e. The SMILES string of the molecule is c1cc(-c2ccc(-c3nc(-c4ccc5ccccc5c4)nc(-c4cccc5oc6ccccc6c45)n3)cc2)cc(-n2c3ccccc3c3cc4ccccc4cc32)c1. The number of nitrogens with zero attached hydrogens (tertiary/aromatic N) is 4. The zero-order chi connectivity index (χ0) is 38.2. The van der Waals surface area contributed by atoms with Crippen molar-refractivity contribution in [2.45, 2.75) is 0 Å². The minimum Gasteiger partial charge on any atom is -0.456 e. The van der Waals surface area contributed by atoms with Crippen molar-refractivity contribution in [1.82, 2.24) is 19.5 Å². The Labute approximate surface area is 333 Å². The molecule has 0 fully saturated rings. The van der Waals surface area contributed by atoms with E-state index in [0.717, 1.165) is 60.8 Å². The van der Waals surface area contributed by atoms with E-state index in [1.165, 1.54) is 38.0 Å². The van der Waals surface area contributed by atoms with Crippen molar-refractivity contribution in [3.8, 4) is 51.0 Å². The van der Waals surface area contributed by atoms with Crippen molar-refractivity contribution in [1.29, 1.82) is 0 Å². The highest BCUT2D eigenvalue weighted by atomic mass is 16.3. The average Bonchev–Trinajstić information content (AvgIpc) is 3.83. The Morgan fingerprint density at radius 2 is 0.966 bits per heavy atom. The van der Waals surface area contributed by atoms with Gasteiger partial charge in [-0.2, -0.15) is 0 Å². The number of aromatic nitrogens is 4. The van der Waals surface area contributed by atoms with E-state index in [2.05, 4.69) is 168 Å². The van der Waals surface area contributed by atoms with Gasteiger partial charge in [0.2, 0.25) is 0 Å². The second kappa shape index (κ2) is 12.8. The highest BCUT2D eigenvalue weighted by Crippen LogP contribution is 2.38. The fourth-order valence-corrected chi connectivity index (χ4v) is 8.61. The first-order valence-electron chi connectivity index (χ1n) is 19.5. The van der Waals surface area contributed by atoms with Gasteiger partial charge in [0.1, 0.15) is 11.2 Å². The largest absolute Gasteiger partial charge is 0.456 e. The van der Waals surface area contributed by atoms with Crippen LogP contribution in [0.25, 0.3) is 116 Å². The highest BCUT2D eigenvalue weighted by Gasteiger charge is 2.19. The maximum atomic E-state index is 6.27. The molecule has 58 heavy (non-hydrogen) atoms. The van der Waals surface area contributed by atoms with Crippen LogP contribution in [0.4, 0.5) is 0 Å². The van der Waals surface area contributed by atoms with E-state index in [-0.39, 0.29) is 0 Å². The van der Waals surface area contributed by atoms with Crippen LogP contribution >= 0.6 is 0 Å². The van der Waals surface area contributed by atoms with Crippen molar-refractivity contribution in [2.24, 2.45) is 0 Å². The van der Waals surface area contributed by atoms with E-state index in [1.807, 2.05) is 30.3 Å². The molecule has 9 aromatic carbocycles. The van der Waals surface area contributed by atoms with Crippen LogP contribution in [0.5, 0.6) is 0 Å². The molecule has 5 nitrogen and oxygen atoms in total. The zero-order valence-electron chi connectivity index (χ0n) is 31.2. The van der Waals surface area contributed by atoms with Gasteiger partial charge >= 0.3 is 0 Å². The first-order valence-corrected chi connectivity index (χ1v) is 19.5. The van der Waals surface area contributed by atoms with E-state index >= 15 is 0 Å². The van der Waals surface area contributed by atoms with Crippen LogP contribution in [-0.4, -0.2) is 19.5 Å². The molecule has 0 atom stereocenters. The van der Waals surface area contributed by atoms with Gasteiger partial charge in [-0.3, -0.25) is 0 Å². The topological polar surface area (TPSA) is 56.7 Å². The summed E-state index contributed by atoms with van der Waals surface area (Å²) in [4.78, 5) is 15.4. The lowest BCUT2D eigenvalue weighted by Gasteiger charge is -2.12. The number of furan rings is 1. The standard InChI is InChI=1S/C53H32N4O/c1-2-12-36-29-40(28-25-33(36)11-1)52-54-51(55-53(56-52)44-19-10-22-49-50(44)43-18-6-8-21-48(43)58-49)35-26-23-34(24-27-35)37-15-9-16-41(30-37)57-46-20-7-5-17-42(46)45-31-38-13-3-4-14-39(38)32-47(45)57/h1-32H. The van der Waals surface area contributed by atoms with Gasteiger partial charge in [0.25, 0.3) is 0 Å². The van der Waals surface area contributed by atoms with E-state index in [0.29, 0.717) is 17.5 Å². The molecule has 0 bridgehead atoms. The predicted octanol–water partition coefficient (Wildman–Crippen LogP) is 13.8. The molecule has 0 saturated heterocycles. The third-order valence-electron chi connectivity index (χ3n) is 11.4. The number of hydrogen-bond acceptors (Lipinski definition) is 4. The third-order valence-corrected chi connectivity index (χ3v) is 11.4. The van der Waals surface area contributed by atoms with Gasteiger partial charge in [0.15, 0.2) is 17.5 Å². The summed E-state index contributed by atoms with van der Waals surface area (Å²) in [6.45, 7) is 0. The predicted molar refractivity (Wildman–Crippen MR) is 238 cm³/mol. The zero-order valence-corrected chi connectivity index (χ0v) is 31.2. The van der Waals surface area contributed by atoms with Crippen LogP contribution in [0.15, 0.2) is 199 Å². The smallest absolute Gasteiger partial charge is 0.164 e. The molecule has 3 heterocycles. The van der Waals surface area contributed by atoms with Crippen molar-refractivity contribution in [3.05, 3.63) is 194 Å². The number of fused-ring (bicyclic) bond motifs is 8. The van der Waals surface area contributed by atoms with Gasteiger partial charge in [-0.25, -0.2) is 15.0 Å². The first-order chi connectivity index (χ1) is 28.7. The lowest BCUT2D eigenvalue weighted by molar-refractivity contribution is 0.669. The number of hydrogen-bond donors (Lipinski definition) is 0. The summed E-state index contributed by atoms with van der Waals surface area (Å²) in [5.74, 6) is 1.82. The number of rotatable bonds is 5. The molecular formula is C53H32N4O. The molecule has 5 heteroatoms. The van der Waals surface area contributed by atoms with Gasteiger partial charge < -0.3 is 8.98 Å². The summed E-state index contributed by atoms with van der Waals surface area (Å²) < 4.78 is 8.65. The van der Waals surface area contributed by atoms with E-state index in [4.69, 9.17) is 19.4 Å². The lowest BCUT2D eigenvalue weighted by Crippen LogP contribution is -2.00. The molecule has 3 aromatic heterocycles. The van der Waals surface area contributed by atoms with Crippen molar-refractivity contribution < 1.29 is 4.42 Å². The minimum absolute atomic E-state index is 0.598. The van der Waals surface area contributed by atoms with E-state index in [1.54, 1.807) is 0 Å². The highest BCUT2D eigenvalue weighted by molar-refractivity contribution is 6.14. The van der Waals surface area contributed by atoms with Crippen molar-refractivity contribution in [2.75, 3.05) is 0 Å². The Bertz CT molecular complexity index is 3580. The summed E-state index contributed by atoms with van der Waals surface area (Å²) in [7, 11) is 0. The van der Waals surface area contributed by atoms with E-state index < -0.39 is 0 Å². The Balaban J connectivity index is 0.981. The van der Waals surface area contributed by atoms with E-state index in [9.17, 15) is 0 Å². The minimum atomic E-state index is 0.598. The average molecular weight is 741 g/mol. The Morgan fingerprint density at radius 3 is 1.81 bits per heavy atom. The van der Waals surface area contributed by atoms with Gasteiger partial charge in [0, 0.05) is 43.9 Å². The molecule has 270 valence electrons. The maximum absolute atomic E-state index is 6.27.